The van der Waals surface area contributed by atoms with Crippen LogP contribution in [0, 0.1) is 11.3 Å². The highest BCUT2D eigenvalue weighted by molar-refractivity contribution is 5.91. The molecule has 0 amide bonds. The van der Waals surface area contributed by atoms with Gasteiger partial charge in [0.25, 0.3) is 0 Å². The monoisotopic (exact) mass is 394 g/mol. The maximum absolute atomic E-state index is 12.6. The van der Waals surface area contributed by atoms with Gasteiger partial charge >= 0.3 is 12.1 Å². The van der Waals surface area contributed by atoms with E-state index in [1.165, 1.54) is 12.1 Å². The van der Waals surface area contributed by atoms with Gasteiger partial charge in [0.05, 0.1) is 28.4 Å². The van der Waals surface area contributed by atoms with Crippen molar-refractivity contribution in [2.24, 2.45) is 4.99 Å². The molecule has 0 heterocycles. The Kier molecular flexibility index (Phi) is 5.74. The standard InChI is InChI=1S/C22H13F3N2O2/c23-22(24,25)18-7-5-17(6-8-18)21(28)29-20-11-9-19(10-12-20)27-14-16-3-1-15(13-26)2-4-16/h1-12,14H. The van der Waals surface area contributed by atoms with Crippen LogP contribution in [-0.4, -0.2) is 12.2 Å². The minimum absolute atomic E-state index is 0.0147. The van der Waals surface area contributed by atoms with Crippen LogP contribution >= 0.6 is 0 Å². The Hall–Kier alpha value is -3.92. The highest BCUT2D eigenvalue weighted by Crippen LogP contribution is 2.29. The van der Waals surface area contributed by atoms with Crippen LogP contribution in [0.2, 0.25) is 0 Å². The molecule has 0 aliphatic heterocycles. The second kappa shape index (κ2) is 8.40. The molecule has 0 fully saturated rings. The highest BCUT2D eigenvalue weighted by atomic mass is 19.4. The SMILES string of the molecule is N#Cc1ccc(C=Nc2ccc(OC(=O)c3ccc(C(F)(F)F)cc3)cc2)cc1. The molecule has 3 aromatic carbocycles. The zero-order chi connectivity index (χ0) is 20.9. The summed E-state index contributed by atoms with van der Waals surface area (Å²) in [6, 6.07) is 19.1. The van der Waals surface area contributed by atoms with E-state index in [1.54, 1.807) is 42.6 Å². The van der Waals surface area contributed by atoms with Gasteiger partial charge in [-0.1, -0.05) is 12.1 Å². The summed E-state index contributed by atoms with van der Waals surface area (Å²) in [5.74, 6) is -0.514. The predicted molar refractivity (Wildman–Crippen MR) is 101 cm³/mol. The Morgan fingerprint density at radius 1 is 0.931 bits per heavy atom. The highest BCUT2D eigenvalue weighted by Gasteiger charge is 2.30. The van der Waals surface area contributed by atoms with E-state index in [2.05, 4.69) is 4.99 Å². The lowest BCUT2D eigenvalue weighted by Crippen LogP contribution is -2.10. The van der Waals surface area contributed by atoms with Crippen LogP contribution in [0.3, 0.4) is 0 Å². The molecule has 4 nitrogen and oxygen atoms in total. The van der Waals surface area contributed by atoms with Gasteiger partial charge in [-0.2, -0.15) is 18.4 Å². The molecule has 3 rings (SSSR count). The molecule has 0 saturated carbocycles. The molecule has 0 aromatic heterocycles. The van der Waals surface area contributed by atoms with Crippen molar-refractivity contribution in [2.75, 3.05) is 0 Å². The fraction of sp³-hybridized carbons (Fsp3) is 0.0455. The molecule has 0 N–H and O–H groups in total. The second-order valence-corrected chi connectivity index (χ2v) is 5.95. The van der Waals surface area contributed by atoms with Gasteiger partial charge in [-0.25, -0.2) is 4.79 Å². The van der Waals surface area contributed by atoms with Crippen molar-refractivity contribution in [1.82, 2.24) is 0 Å². The van der Waals surface area contributed by atoms with E-state index in [-0.39, 0.29) is 11.3 Å². The number of hydrogen-bond acceptors (Lipinski definition) is 4. The normalized spacial score (nSPS) is 11.2. The first-order valence-electron chi connectivity index (χ1n) is 8.39. The maximum Gasteiger partial charge on any atom is 0.416 e. The molecule has 7 heteroatoms. The molecule has 0 radical (unpaired) electrons. The average molecular weight is 394 g/mol. The molecular weight excluding hydrogens is 381 g/mol. The predicted octanol–water partition coefficient (Wildman–Crippen LogP) is 5.55. The minimum atomic E-state index is -4.46. The third kappa shape index (κ3) is 5.30. The van der Waals surface area contributed by atoms with Crippen LogP contribution in [-0.2, 0) is 6.18 Å². The molecule has 0 aliphatic rings. The third-order valence-corrected chi connectivity index (χ3v) is 3.90. The Balaban J connectivity index is 1.63. The lowest BCUT2D eigenvalue weighted by atomic mass is 10.1. The number of alkyl halides is 3. The van der Waals surface area contributed by atoms with Crippen LogP contribution in [0.25, 0.3) is 0 Å². The van der Waals surface area contributed by atoms with Crippen LogP contribution < -0.4 is 4.74 Å². The molecule has 3 aromatic rings. The van der Waals surface area contributed by atoms with Crippen LogP contribution in [0.1, 0.15) is 27.0 Å². The number of aliphatic imine (C=N–C) groups is 1. The molecule has 0 spiro atoms. The van der Waals surface area contributed by atoms with Crippen molar-refractivity contribution in [1.29, 1.82) is 5.26 Å². The van der Waals surface area contributed by atoms with E-state index in [4.69, 9.17) is 10.00 Å². The van der Waals surface area contributed by atoms with Gasteiger partial charge in [0.1, 0.15) is 5.75 Å². The molecule has 144 valence electrons. The van der Waals surface area contributed by atoms with Gasteiger partial charge in [-0.15, -0.1) is 0 Å². The molecular formula is C22H13F3N2O2. The minimum Gasteiger partial charge on any atom is -0.423 e. The van der Waals surface area contributed by atoms with Crippen molar-refractivity contribution in [3.63, 3.8) is 0 Å². The summed E-state index contributed by atoms with van der Waals surface area (Å²) in [7, 11) is 0. The topological polar surface area (TPSA) is 62.4 Å². The fourth-order valence-corrected chi connectivity index (χ4v) is 2.35. The number of rotatable bonds is 4. The number of ether oxygens (including phenoxy) is 1. The first-order valence-corrected chi connectivity index (χ1v) is 8.39. The van der Waals surface area contributed by atoms with Crippen LogP contribution in [0.4, 0.5) is 18.9 Å². The van der Waals surface area contributed by atoms with E-state index < -0.39 is 17.7 Å². The van der Waals surface area contributed by atoms with E-state index in [9.17, 15) is 18.0 Å². The lowest BCUT2D eigenvalue weighted by Gasteiger charge is -2.08. The van der Waals surface area contributed by atoms with Crippen molar-refractivity contribution >= 4 is 17.9 Å². The van der Waals surface area contributed by atoms with E-state index in [0.717, 1.165) is 29.8 Å². The number of esters is 1. The molecule has 0 unspecified atom stereocenters. The summed E-state index contributed by atoms with van der Waals surface area (Å²) in [6.45, 7) is 0. The van der Waals surface area contributed by atoms with Crippen molar-refractivity contribution in [2.45, 2.75) is 6.18 Å². The third-order valence-electron chi connectivity index (χ3n) is 3.90. The van der Waals surface area contributed by atoms with Crippen molar-refractivity contribution in [3.05, 3.63) is 95.1 Å². The van der Waals surface area contributed by atoms with Gasteiger partial charge in [0.2, 0.25) is 0 Å². The van der Waals surface area contributed by atoms with Gasteiger partial charge in [-0.3, -0.25) is 4.99 Å². The quantitative estimate of drug-likeness (QED) is 0.331. The average Bonchev–Trinajstić information content (AvgIpc) is 2.73. The zero-order valence-corrected chi connectivity index (χ0v) is 14.9. The van der Waals surface area contributed by atoms with Crippen LogP contribution in [0.15, 0.2) is 77.8 Å². The molecule has 0 aliphatic carbocycles. The summed E-state index contributed by atoms with van der Waals surface area (Å²) in [4.78, 5) is 16.4. The Morgan fingerprint density at radius 2 is 1.55 bits per heavy atom. The molecule has 0 bridgehead atoms. The van der Waals surface area contributed by atoms with Gasteiger partial charge in [-0.05, 0) is 66.2 Å². The summed E-state index contributed by atoms with van der Waals surface area (Å²) in [6.07, 6.45) is -2.83. The summed E-state index contributed by atoms with van der Waals surface area (Å²) < 4.78 is 42.9. The van der Waals surface area contributed by atoms with E-state index >= 15 is 0 Å². The first kappa shape index (κ1) is 19.8. The maximum atomic E-state index is 12.6. The van der Waals surface area contributed by atoms with Gasteiger partial charge in [0.15, 0.2) is 0 Å². The van der Waals surface area contributed by atoms with Crippen molar-refractivity contribution < 1.29 is 22.7 Å². The van der Waals surface area contributed by atoms with E-state index in [1.807, 2.05) is 6.07 Å². The summed E-state index contributed by atoms with van der Waals surface area (Å²) in [5, 5.41) is 8.78. The lowest BCUT2D eigenvalue weighted by molar-refractivity contribution is -0.137. The van der Waals surface area contributed by atoms with Gasteiger partial charge in [0, 0.05) is 6.21 Å². The van der Waals surface area contributed by atoms with Crippen molar-refractivity contribution in [3.8, 4) is 11.8 Å². The van der Waals surface area contributed by atoms with Gasteiger partial charge < -0.3 is 4.74 Å². The fourth-order valence-electron chi connectivity index (χ4n) is 2.35. The van der Waals surface area contributed by atoms with Crippen LogP contribution in [0.5, 0.6) is 5.75 Å². The smallest absolute Gasteiger partial charge is 0.416 e. The zero-order valence-electron chi connectivity index (χ0n) is 14.9. The summed E-state index contributed by atoms with van der Waals surface area (Å²) in [5.41, 5.74) is 1.17. The number of halogens is 3. The largest absolute Gasteiger partial charge is 0.423 e. The number of hydrogen-bond donors (Lipinski definition) is 0. The second-order valence-electron chi connectivity index (χ2n) is 5.95. The number of carbonyl (C=O) groups is 1. The number of benzene rings is 3. The Morgan fingerprint density at radius 3 is 2.10 bits per heavy atom. The summed E-state index contributed by atoms with van der Waals surface area (Å²) >= 11 is 0. The Bertz CT molecular complexity index is 1060. The first-order chi connectivity index (χ1) is 13.8. The number of nitrogens with zero attached hydrogens (tertiary/aromatic N) is 2. The number of carbonyl (C=O) groups excluding carboxylic acids is 1. The Labute approximate surface area is 164 Å². The van der Waals surface area contributed by atoms with E-state index in [0.29, 0.717) is 11.3 Å². The molecule has 0 saturated heterocycles. The number of nitriles is 1. The molecule has 0 atom stereocenters. The molecule has 29 heavy (non-hydrogen) atoms.